The number of hydrogen-bond acceptors (Lipinski definition) is 1. The molecule has 0 aliphatic rings. The van der Waals surface area contributed by atoms with Crippen molar-refractivity contribution >= 4 is 12.4 Å². The predicted octanol–water partition coefficient (Wildman–Crippen LogP) is 6.50. The molecule has 0 rings (SSSR count). The topological polar surface area (TPSA) is 12.0 Å². The van der Waals surface area contributed by atoms with Gasteiger partial charge in [-0.2, -0.15) is 0 Å². The van der Waals surface area contributed by atoms with Gasteiger partial charge >= 0.3 is 0 Å². The van der Waals surface area contributed by atoms with Crippen molar-refractivity contribution in [3.8, 4) is 0 Å². The molecule has 0 aromatic carbocycles. The summed E-state index contributed by atoms with van der Waals surface area (Å²) in [5.41, 5.74) is 0.289. The van der Waals surface area contributed by atoms with E-state index in [1.807, 2.05) is 0 Å². The van der Waals surface area contributed by atoms with Gasteiger partial charge in [-0.3, -0.25) is 0 Å². The van der Waals surface area contributed by atoms with E-state index in [4.69, 9.17) is 0 Å². The van der Waals surface area contributed by atoms with Gasteiger partial charge in [0.15, 0.2) is 0 Å². The van der Waals surface area contributed by atoms with Crippen molar-refractivity contribution in [2.75, 3.05) is 6.54 Å². The fourth-order valence-corrected chi connectivity index (χ4v) is 2.43. The van der Waals surface area contributed by atoms with Gasteiger partial charge in [0.05, 0.1) is 0 Å². The maximum absolute atomic E-state index is 3.56. The van der Waals surface area contributed by atoms with Gasteiger partial charge in [0.25, 0.3) is 0 Å². The van der Waals surface area contributed by atoms with E-state index in [9.17, 15) is 0 Å². The smallest absolute Gasteiger partial charge is 0.00965 e. The summed E-state index contributed by atoms with van der Waals surface area (Å²) in [6.07, 6.45) is 17.2. The molecule has 0 unspecified atom stereocenters. The van der Waals surface area contributed by atoms with Gasteiger partial charge in [0, 0.05) is 5.54 Å². The van der Waals surface area contributed by atoms with Gasteiger partial charge in [-0.1, -0.05) is 77.6 Å². The van der Waals surface area contributed by atoms with Crippen LogP contribution in [0.25, 0.3) is 0 Å². The number of rotatable bonds is 13. The molecule has 0 spiro atoms. The lowest BCUT2D eigenvalue weighted by Crippen LogP contribution is -2.36. The first-order chi connectivity index (χ1) is 9.06. The molecule has 1 N–H and O–H groups in total. The number of halogens is 1. The van der Waals surface area contributed by atoms with Gasteiger partial charge in [0.2, 0.25) is 0 Å². The molecule has 0 aromatic rings. The normalized spacial score (nSPS) is 11.4. The Labute approximate surface area is 135 Å². The number of hydrogen-bond donors (Lipinski definition) is 1. The van der Waals surface area contributed by atoms with Crippen molar-refractivity contribution in [1.29, 1.82) is 0 Å². The summed E-state index contributed by atoms with van der Waals surface area (Å²) >= 11 is 0. The minimum atomic E-state index is 0. The first kappa shape index (κ1) is 22.5. The molecule has 0 saturated heterocycles. The van der Waals surface area contributed by atoms with Crippen LogP contribution in [0.3, 0.4) is 0 Å². The van der Waals surface area contributed by atoms with Crippen LogP contribution in [0, 0.1) is 0 Å². The van der Waals surface area contributed by atoms with Crippen LogP contribution in [0.4, 0.5) is 0 Å². The molecule has 0 aromatic heterocycles. The summed E-state index contributed by atoms with van der Waals surface area (Å²) in [6.45, 7) is 10.2. The Morgan fingerprint density at radius 3 is 1.30 bits per heavy atom. The fraction of sp³-hybridized carbons (Fsp3) is 1.00. The Morgan fingerprint density at radius 1 is 0.600 bits per heavy atom. The van der Waals surface area contributed by atoms with Gasteiger partial charge in [-0.15, -0.1) is 12.4 Å². The van der Waals surface area contributed by atoms with E-state index in [-0.39, 0.29) is 17.9 Å². The zero-order chi connectivity index (χ0) is 14.4. The lowest BCUT2D eigenvalue weighted by molar-refractivity contribution is 0.415. The van der Waals surface area contributed by atoms with Crippen molar-refractivity contribution in [1.82, 2.24) is 5.32 Å². The molecule has 1 nitrogen and oxygen atoms in total. The molecule has 0 aliphatic heterocycles. The monoisotopic (exact) mass is 305 g/mol. The SMILES string of the molecule is CCCCCCCCCCCCCCNC(C)(C)C.Cl. The van der Waals surface area contributed by atoms with Gasteiger partial charge in [0.1, 0.15) is 0 Å². The standard InChI is InChI=1S/C18H39N.ClH/c1-5-6-7-8-9-10-11-12-13-14-15-16-17-19-18(2,3)4;/h19H,5-17H2,1-4H3;1H. The van der Waals surface area contributed by atoms with E-state index in [0.717, 1.165) is 0 Å². The van der Waals surface area contributed by atoms with E-state index < -0.39 is 0 Å². The maximum Gasteiger partial charge on any atom is 0.00965 e. The molecule has 0 heterocycles. The van der Waals surface area contributed by atoms with Crippen molar-refractivity contribution in [2.45, 2.75) is 110 Å². The molecule has 0 fully saturated rings. The highest BCUT2D eigenvalue weighted by Gasteiger charge is 2.06. The molecule has 2 heteroatoms. The van der Waals surface area contributed by atoms with E-state index in [2.05, 4.69) is 33.0 Å². The van der Waals surface area contributed by atoms with Gasteiger partial charge in [-0.05, 0) is 33.7 Å². The quantitative estimate of drug-likeness (QED) is 0.383. The van der Waals surface area contributed by atoms with Crippen LogP contribution in [-0.2, 0) is 0 Å². The minimum absolute atomic E-state index is 0. The van der Waals surface area contributed by atoms with Crippen molar-refractivity contribution in [3.05, 3.63) is 0 Å². The van der Waals surface area contributed by atoms with Crippen LogP contribution in [0.15, 0.2) is 0 Å². The molecule has 0 saturated carbocycles. The largest absolute Gasteiger partial charge is 0.312 e. The third-order valence-corrected chi connectivity index (χ3v) is 3.69. The van der Waals surface area contributed by atoms with E-state index in [1.165, 1.54) is 83.6 Å². The van der Waals surface area contributed by atoms with Gasteiger partial charge < -0.3 is 5.32 Å². The molecule has 0 bridgehead atoms. The van der Waals surface area contributed by atoms with Crippen molar-refractivity contribution in [2.24, 2.45) is 0 Å². The lowest BCUT2D eigenvalue weighted by Gasteiger charge is -2.20. The lowest BCUT2D eigenvalue weighted by atomic mass is 10.0. The Hall–Kier alpha value is 0.250. The van der Waals surface area contributed by atoms with Crippen molar-refractivity contribution < 1.29 is 0 Å². The summed E-state index contributed by atoms with van der Waals surface area (Å²) < 4.78 is 0. The Balaban J connectivity index is 0. The van der Waals surface area contributed by atoms with E-state index in [0.29, 0.717) is 0 Å². The van der Waals surface area contributed by atoms with Crippen LogP contribution in [-0.4, -0.2) is 12.1 Å². The molecular formula is C18H40ClN. The molecule has 20 heavy (non-hydrogen) atoms. The van der Waals surface area contributed by atoms with Crippen molar-refractivity contribution in [3.63, 3.8) is 0 Å². The fourth-order valence-electron chi connectivity index (χ4n) is 2.43. The second kappa shape index (κ2) is 15.6. The third kappa shape index (κ3) is 20.6. The Morgan fingerprint density at radius 2 is 0.950 bits per heavy atom. The van der Waals surface area contributed by atoms with Crippen LogP contribution in [0.1, 0.15) is 105 Å². The summed E-state index contributed by atoms with van der Waals surface area (Å²) in [7, 11) is 0. The second-order valence-corrected chi connectivity index (χ2v) is 7.07. The molecule has 0 amide bonds. The van der Waals surface area contributed by atoms with Crippen LogP contribution in [0.2, 0.25) is 0 Å². The first-order valence-electron chi connectivity index (χ1n) is 8.81. The summed E-state index contributed by atoms with van der Waals surface area (Å²) in [4.78, 5) is 0. The van der Waals surface area contributed by atoms with Crippen LogP contribution < -0.4 is 5.32 Å². The summed E-state index contributed by atoms with van der Waals surface area (Å²) in [5, 5.41) is 3.56. The molecule has 0 atom stereocenters. The molecule has 0 aliphatic carbocycles. The average Bonchev–Trinajstić information content (AvgIpc) is 2.34. The minimum Gasteiger partial charge on any atom is -0.312 e. The second-order valence-electron chi connectivity index (χ2n) is 7.07. The van der Waals surface area contributed by atoms with Crippen LogP contribution >= 0.6 is 12.4 Å². The Bertz CT molecular complexity index is 175. The molecule has 0 radical (unpaired) electrons. The highest BCUT2D eigenvalue weighted by Crippen LogP contribution is 2.11. The molecule has 124 valence electrons. The van der Waals surface area contributed by atoms with E-state index >= 15 is 0 Å². The van der Waals surface area contributed by atoms with Crippen LogP contribution in [0.5, 0.6) is 0 Å². The zero-order valence-corrected chi connectivity index (χ0v) is 15.4. The summed E-state index contributed by atoms with van der Waals surface area (Å²) in [5.74, 6) is 0. The highest BCUT2D eigenvalue weighted by atomic mass is 35.5. The maximum atomic E-state index is 3.56. The first-order valence-corrected chi connectivity index (χ1v) is 8.81. The summed E-state index contributed by atoms with van der Waals surface area (Å²) in [6, 6.07) is 0. The average molecular weight is 306 g/mol. The van der Waals surface area contributed by atoms with E-state index in [1.54, 1.807) is 0 Å². The Kier molecular flexibility index (Phi) is 17.6. The number of nitrogens with one attached hydrogen (secondary N) is 1. The number of unbranched alkanes of at least 4 members (excludes halogenated alkanes) is 11. The predicted molar refractivity (Wildman–Crippen MR) is 96.1 cm³/mol. The van der Waals surface area contributed by atoms with Gasteiger partial charge in [-0.25, -0.2) is 0 Å². The zero-order valence-electron chi connectivity index (χ0n) is 14.6. The third-order valence-electron chi connectivity index (χ3n) is 3.69. The molecular weight excluding hydrogens is 266 g/mol. The highest BCUT2D eigenvalue weighted by molar-refractivity contribution is 5.85.